The number of nitrogens with one attached hydrogen (secondary N) is 1. The molecule has 0 saturated heterocycles. The molecule has 2 aromatic rings. The maximum absolute atomic E-state index is 12.2. The van der Waals surface area contributed by atoms with Gasteiger partial charge in [0.15, 0.2) is 0 Å². The van der Waals surface area contributed by atoms with Crippen LogP contribution in [0, 0.1) is 27.7 Å². The number of carbonyl (C=O) groups excluding carboxylic acids is 1. The van der Waals surface area contributed by atoms with Crippen LogP contribution in [0.3, 0.4) is 0 Å². The molecule has 0 saturated carbocycles. The van der Waals surface area contributed by atoms with Crippen LogP contribution in [0.5, 0.6) is 0 Å². The Labute approximate surface area is 114 Å². The van der Waals surface area contributed by atoms with Gasteiger partial charge in [0.2, 0.25) is 0 Å². The third-order valence-electron chi connectivity index (χ3n) is 3.53. The Morgan fingerprint density at radius 2 is 1.37 bits per heavy atom. The molecule has 19 heavy (non-hydrogen) atoms. The van der Waals surface area contributed by atoms with E-state index in [1.54, 1.807) is 0 Å². The average Bonchev–Trinajstić information content (AvgIpc) is 2.37. The van der Waals surface area contributed by atoms with Gasteiger partial charge in [0, 0.05) is 11.3 Å². The van der Waals surface area contributed by atoms with Crippen molar-refractivity contribution in [2.24, 2.45) is 0 Å². The lowest BCUT2D eigenvalue weighted by molar-refractivity contribution is 0.102. The average molecular weight is 253 g/mol. The van der Waals surface area contributed by atoms with Crippen LogP contribution < -0.4 is 5.32 Å². The number of aryl methyl sites for hydroxylation is 4. The van der Waals surface area contributed by atoms with Crippen LogP contribution in [-0.4, -0.2) is 5.91 Å². The molecule has 1 amide bonds. The SMILES string of the molecule is Cc1ccc(NC(=O)c2ccc(C)c(C)c2)cc1C. The lowest BCUT2D eigenvalue weighted by atomic mass is 10.1. The Balaban J connectivity index is 2.20. The van der Waals surface area contributed by atoms with Crippen LogP contribution >= 0.6 is 0 Å². The Morgan fingerprint density at radius 1 is 0.789 bits per heavy atom. The van der Waals surface area contributed by atoms with E-state index in [4.69, 9.17) is 0 Å². The molecule has 0 aliphatic rings. The molecule has 0 fully saturated rings. The van der Waals surface area contributed by atoms with E-state index >= 15 is 0 Å². The van der Waals surface area contributed by atoms with Gasteiger partial charge in [-0.2, -0.15) is 0 Å². The quantitative estimate of drug-likeness (QED) is 0.855. The first kappa shape index (κ1) is 13.3. The van der Waals surface area contributed by atoms with Crippen molar-refractivity contribution in [3.05, 3.63) is 64.2 Å². The number of carbonyl (C=O) groups is 1. The molecule has 0 aliphatic carbocycles. The van der Waals surface area contributed by atoms with E-state index in [9.17, 15) is 4.79 Å². The number of hydrogen-bond acceptors (Lipinski definition) is 1. The second-order valence-corrected chi connectivity index (χ2v) is 5.05. The summed E-state index contributed by atoms with van der Waals surface area (Å²) in [6.07, 6.45) is 0. The highest BCUT2D eigenvalue weighted by Crippen LogP contribution is 2.16. The summed E-state index contributed by atoms with van der Waals surface area (Å²) in [5.74, 6) is -0.0636. The van der Waals surface area contributed by atoms with Gasteiger partial charge in [-0.15, -0.1) is 0 Å². The molecule has 0 aromatic heterocycles. The van der Waals surface area contributed by atoms with Gasteiger partial charge in [-0.1, -0.05) is 12.1 Å². The predicted molar refractivity (Wildman–Crippen MR) is 79.8 cm³/mol. The molecule has 2 rings (SSSR count). The first-order valence-corrected chi connectivity index (χ1v) is 6.43. The fraction of sp³-hybridized carbons (Fsp3) is 0.235. The van der Waals surface area contributed by atoms with Crippen LogP contribution in [0.2, 0.25) is 0 Å². The van der Waals surface area contributed by atoms with Crippen LogP contribution in [0.4, 0.5) is 5.69 Å². The minimum atomic E-state index is -0.0636. The third-order valence-corrected chi connectivity index (χ3v) is 3.53. The van der Waals surface area contributed by atoms with Gasteiger partial charge in [0.05, 0.1) is 0 Å². The van der Waals surface area contributed by atoms with E-state index in [0.29, 0.717) is 5.56 Å². The maximum atomic E-state index is 12.2. The lowest BCUT2D eigenvalue weighted by Crippen LogP contribution is -2.12. The molecule has 2 aromatic carbocycles. The topological polar surface area (TPSA) is 29.1 Å². The summed E-state index contributed by atoms with van der Waals surface area (Å²) in [6, 6.07) is 11.7. The minimum Gasteiger partial charge on any atom is -0.322 e. The van der Waals surface area contributed by atoms with Crippen molar-refractivity contribution in [3.8, 4) is 0 Å². The smallest absolute Gasteiger partial charge is 0.255 e. The molecule has 0 radical (unpaired) electrons. The fourth-order valence-electron chi connectivity index (χ4n) is 1.91. The van der Waals surface area contributed by atoms with Gasteiger partial charge in [-0.25, -0.2) is 0 Å². The van der Waals surface area contributed by atoms with E-state index in [1.165, 1.54) is 16.7 Å². The minimum absolute atomic E-state index is 0.0636. The second kappa shape index (κ2) is 5.27. The van der Waals surface area contributed by atoms with Crippen molar-refractivity contribution in [3.63, 3.8) is 0 Å². The molecular formula is C17H19NO. The predicted octanol–water partition coefficient (Wildman–Crippen LogP) is 4.17. The summed E-state index contributed by atoms with van der Waals surface area (Å²) in [5, 5.41) is 2.93. The lowest BCUT2D eigenvalue weighted by Gasteiger charge is -2.09. The summed E-state index contributed by atoms with van der Waals surface area (Å²) in [5.41, 5.74) is 6.27. The Morgan fingerprint density at radius 3 is 1.95 bits per heavy atom. The van der Waals surface area contributed by atoms with Crippen molar-refractivity contribution >= 4 is 11.6 Å². The highest BCUT2D eigenvalue weighted by atomic mass is 16.1. The summed E-state index contributed by atoms with van der Waals surface area (Å²) >= 11 is 0. The number of anilines is 1. The molecule has 2 heteroatoms. The molecule has 0 atom stereocenters. The van der Waals surface area contributed by atoms with Gasteiger partial charge in [-0.05, 0) is 74.2 Å². The maximum Gasteiger partial charge on any atom is 0.255 e. The van der Waals surface area contributed by atoms with E-state index < -0.39 is 0 Å². The Kier molecular flexibility index (Phi) is 3.70. The van der Waals surface area contributed by atoms with Crippen molar-refractivity contribution in [1.29, 1.82) is 0 Å². The van der Waals surface area contributed by atoms with Crippen LogP contribution in [0.15, 0.2) is 36.4 Å². The van der Waals surface area contributed by atoms with E-state index in [0.717, 1.165) is 11.3 Å². The van der Waals surface area contributed by atoms with E-state index in [1.807, 2.05) is 57.2 Å². The van der Waals surface area contributed by atoms with Crippen molar-refractivity contribution in [2.45, 2.75) is 27.7 Å². The monoisotopic (exact) mass is 253 g/mol. The molecule has 0 bridgehead atoms. The summed E-state index contributed by atoms with van der Waals surface area (Å²) in [7, 11) is 0. The largest absolute Gasteiger partial charge is 0.322 e. The first-order chi connectivity index (χ1) is 8.97. The van der Waals surface area contributed by atoms with Crippen LogP contribution in [0.1, 0.15) is 32.6 Å². The zero-order chi connectivity index (χ0) is 14.0. The van der Waals surface area contributed by atoms with Gasteiger partial charge in [0.1, 0.15) is 0 Å². The zero-order valence-corrected chi connectivity index (χ0v) is 11.9. The summed E-state index contributed by atoms with van der Waals surface area (Å²) in [6.45, 7) is 8.16. The number of benzene rings is 2. The van der Waals surface area contributed by atoms with Gasteiger partial charge >= 0.3 is 0 Å². The van der Waals surface area contributed by atoms with Crippen molar-refractivity contribution in [2.75, 3.05) is 5.32 Å². The van der Waals surface area contributed by atoms with Gasteiger partial charge < -0.3 is 5.32 Å². The third kappa shape index (κ3) is 3.02. The number of hydrogen-bond donors (Lipinski definition) is 1. The Bertz CT molecular complexity index is 629. The summed E-state index contributed by atoms with van der Waals surface area (Å²) < 4.78 is 0. The highest BCUT2D eigenvalue weighted by molar-refractivity contribution is 6.04. The Hall–Kier alpha value is -2.09. The van der Waals surface area contributed by atoms with Crippen LogP contribution in [0.25, 0.3) is 0 Å². The molecule has 0 heterocycles. The first-order valence-electron chi connectivity index (χ1n) is 6.43. The van der Waals surface area contributed by atoms with Crippen LogP contribution in [-0.2, 0) is 0 Å². The fourth-order valence-corrected chi connectivity index (χ4v) is 1.91. The van der Waals surface area contributed by atoms with E-state index in [2.05, 4.69) is 12.2 Å². The number of rotatable bonds is 2. The summed E-state index contributed by atoms with van der Waals surface area (Å²) in [4.78, 5) is 12.2. The normalized spacial score (nSPS) is 10.3. The molecule has 0 unspecified atom stereocenters. The van der Waals surface area contributed by atoms with Crippen molar-refractivity contribution in [1.82, 2.24) is 0 Å². The molecule has 98 valence electrons. The molecule has 2 nitrogen and oxygen atoms in total. The second-order valence-electron chi connectivity index (χ2n) is 5.05. The molecule has 1 N–H and O–H groups in total. The molecule has 0 spiro atoms. The van der Waals surface area contributed by atoms with Crippen molar-refractivity contribution < 1.29 is 4.79 Å². The molecular weight excluding hydrogens is 234 g/mol. The molecule has 0 aliphatic heterocycles. The number of amides is 1. The van der Waals surface area contributed by atoms with E-state index in [-0.39, 0.29) is 5.91 Å². The standard InChI is InChI=1S/C17H19NO/c1-11-5-7-15(9-13(11)3)17(19)18-16-8-6-12(2)14(4)10-16/h5-10H,1-4H3,(H,18,19). The van der Waals surface area contributed by atoms with Gasteiger partial charge in [-0.3, -0.25) is 4.79 Å². The zero-order valence-electron chi connectivity index (χ0n) is 11.9. The highest BCUT2D eigenvalue weighted by Gasteiger charge is 2.07. The van der Waals surface area contributed by atoms with Gasteiger partial charge in [0.25, 0.3) is 5.91 Å².